The lowest BCUT2D eigenvalue weighted by Gasteiger charge is -2.20. The van der Waals surface area contributed by atoms with Crippen molar-refractivity contribution in [1.29, 1.82) is 0 Å². The van der Waals surface area contributed by atoms with E-state index in [0.29, 0.717) is 12.0 Å². The van der Waals surface area contributed by atoms with E-state index in [-0.39, 0.29) is 17.8 Å². The lowest BCUT2D eigenvalue weighted by molar-refractivity contribution is -0.120. The summed E-state index contributed by atoms with van der Waals surface area (Å²) < 4.78 is 5.83. The Hall–Kier alpha value is -0.890. The van der Waals surface area contributed by atoms with Gasteiger partial charge >= 0.3 is 0 Å². The predicted octanol–water partition coefficient (Wildman–Crippen LogP) is 1.48. The number of hydrogen-bond donors (Lipinski definition) is 0. The van der Waals surface area contributed by atoms with Gasteiger partial charge in [0, 0.05) is 5.92 Å². The number of hydrogen-bond acceptors (Lipinski definition) is 2. The number of ketones is 1. The average Bonchev–Trinajstić information content (AvgIpc) is 2.62. The van der Waals surface area contributed by atoms with Crippen LogP contribution < -0.4 is 0 Å². The lowest BCUT2D eigenvalue weighted by atomic mass is 9.82. The van der Waals surface area contributed by atoms with Crippen molar-refractivity contribution in [3.63, 3.8) is 0 Å². The number of carbonyl (C=O) groups excluding carboxylic acids is 1. The molecule has 2 heteroatoms. The van der Waals surface area contributed by atoms with E-state index in [0.717, 1.165) is 12.8 Å². The summed E-state index contributed by atoms with van der Waals surface area (Å²) in [6.07, 6.45) is 10.3. The molecular formula is C11H12O2. The first-order valence-electron chi connectivity index (χ1n) is 4.89. The topological polar surface area (TPSA) is 26.3 Å². The highest BCUT2D eigenvalue weighted by molar-refractivity contribution is 5.93. The van der Waals surface area contributed by atoms with E-state index in [1.54, 1.807) is 6.08 Å². The third-order valence-electron chi connectivity index (χ3n) is 3.30. The minimum Gasteiger partial charge on any atom is -0.373 e. The fourth-order valence-electron chi connectivity index (χ4n) is 2.71. The first kappa shape index (κ1) is 7.51. The predicted molar refractivity (Wildman–Crippen MR) is 48.2 cm³/mol. The van der Waals surface area contributed by atoms with E-state index in [2.05, 4.69) is 12.2 Å². The molecule has 13 heavy (non-hydrogen) atoms. The first-order chi connectivity index (χ1) is 6.36. The molecule has 4 atom stereocenters. The van der Waals surface area contributed by atoms with Gasteiger partial charge in [0.25, 0.3) is 0 Å². The molecular weight excluding hydrogens is 164 g/mol. The van der Waals surface area contributed by atoms with Gasteiger partial charge in [-0.1, -0.05) is 18.2 Å². The third kappa shape index (κ3) is 0.953. The van der Waals surface area contributed by atoms with E-state index < -0.39 is 0 Å². The molecule has 0 saturated carbocycles. The molecule has 0 aromatic rings. The maximum absolute atomic E-state index is 11.6. The van der Waals surface area contributed by atoms with E-state index in [1.165, 1.54) is 0 Å². The van der Waals surface area contributed by atoms with Crippen LogP contribution in [0.15, 0.2) is 24.3 Å². The van der Waals surface area contributed by atoms with E-state index in [1.807, 2.05) is 6.08 Å². The van der Waals surface area contributed by atoms with Gasteiger partial charge in [0.05, 0.1) is 18.1 Å². The summed E-state index contributed by atoms with van der Waals surface area (Å²) in [7, 11) is 0. The van der Waals surface area contributed by atoms with E-state index >= 15 is 0 Å². The summed E-state index contributed by atoms with van der Waals surface area (Å²) in [5.41, 5.74) is 0. The van der Waals surface area contributed by atoms with Gasteiger partial charge in [-0.15, -0.1) is 0 Å². The second-order valence-corrected chi connectivity index (χ2v) is 4.02. The van der Waals surface area contributed by atoms with E-state index in [4.69, 9.17) is 4.74 Å². The van der Waals surface area contributed by atoms with Gasteiger partial charge in [0.2, 0.25) is 0 Å². The fourth-order valence-corrected chi connectivity index (χ4v) is 2.71. The summed E-state index contributed by atoms with van der Waals surface area (Å²) in [5.74, 6) is 0.742. The van der Waals surface area contributed by atoms with Crippen LogP contribution in [0.1, 0.15) is 12.8 Å². The number of carbonyl (C=O) groups is 1. The van der Waals surface area contributed by atoms with Crippen molar-refractivity contribution >= 4 is 5.78 Å². The zero-order valence-electron chi connectivity index (χ0n) is 7.35. The molecule has 0 aromatic heterocycles. The van der Waals surface area contributed by atoms with Crippen molar-refractivity contribution in [2.45, 2.75) is 25.0 Å². The minimum absolute atomic E-state index is 0.119. The average molecular weight is 176 g/mol. The molecule has 2 aliphatic carbocycles. The van der Waals surface area contributed by atoms with Gasteiger partial charge in [0.15, 0.2) is 5.78 Å². The highest BCUT2D eigenvalue weighted by Gasteiger charge is 2.47. The van der Waals surface area contributed by atoms with Crippen molar-refractivity contribution in [1.82, 2.24) is 0 Å². The number of allylic oxidation sites excluding steroid dienone is 1. The van der Waals surface area contributed by atoms with Crippen molar-refractivity contribution < 1.29 is 9.53 Å². The first-order valence-corrected chi connectivity index (χ1v) is 4.89. The number of fused-ring (bicyclic) bond motifs is 3. The molecule has 1 aliphatic heterocycles. The molecule has 1 heterocycles. The van der Waals surface area contributed by atoms with Crippen molar-refractivity contribution in [3.05, 3.63) is 24.3 Å². The Balaban J connectivity index is 1.96. The van der Waals surface area contributed by atoms with Gasteiger partial charge in [0.1, 0.15) is 0 Å². The van der Waals surface area contributed by atoms with Crippen LogP contribution in [0.4, 0.5) is 0 Å². The summed E-state index contributed by atoms with van der Waals surface area (Å²) >= 11 is 0. The Bertz CT molecular complexity index is 303. The van der Waals surface area contributed by atoms with Gasteiger partial charge < -0.3 is 4.74 Å². The van der Waals surface area contributed by atoms with Gasteiger partial charge in [-0.2, -0.15) is 0 Å². The maximum Gasteiger partial charge on any atom is 0.161 e. The minimum atomic E-state index is 0.119. The molecule has 0 N–H and O–H groups in total. The van der Waals surface area contributed by atoms with Crippen LogP contribution in [0.2, 0.25) is 0 Å². The normalized spacial score (nSPS) is 46.6. The molecule has 0 bridgehead atoms. The second kappa shape index (κ2) is 2.55. The number of rotatable bonds is 0. The second-order valence-electron chi connectivity index (χ2n) is 4.02. The number of ether oxygens (including phenoxy) is 1. The van der Waals surface area contributed by atoms with Crippen LogP contribution in [0.5, 0.6) is 0 Å². The zero-order valence-corrected chi connectivity index (χ0v) is 7.35. The van der Waals surface area contributed by atoms with Crippen LogP contribution in [0.3, 0.4) is 0 Å². The van der Waals surface area contributed by atoms with Crippen LogP contribution in [0, 0.1) is 11.8 Å². The standard InChI is InChI=1S/C11H12O2/c12-8-4-2-6-10-11(8)7-3-1-5-9(7)13-10/h1-4,7,9-11H,5-6H2. The molecule has 0 radical (unpaired) electrons. The van der Waals surface area contributed by atoms with Crippen molar-refractivity contribution in [2.75, 3.05) is 0 Å². The van der Waals surface area contributed by atoms with Crippen LogP contribution >= 0.6 is 0 Å². The molecule has 0 aromatic carbocycles. The molecule has 0 amide bonds. The highest BCUT2D eigenvalue weighted by Crippen LogP contribution is 2.42. The molecule has 3 rings (SSSR count). The van der Waals surface area contributed by atoms with Crippen LogP contribution in [0.25, 0.3) is 0 Å². The smallest absolute Gasteiger partial charge is 0.161 e. The Kier molecular flexibility index (Phi) is 1.47. The SMILES string of the molecule is O=C1C=CCC2OC3CC=CC3C12. The Morgan fingerprint density at radius 1 is 1.23 bits per heavy atom. The lowest BCUT2D eigenvalue weighted by Crippen LogP contribution is -2.29. The van der Waals surface area contributed by atoms with Gasteiger partial charge in [-0.05, 0) is 18.9 Å². The zero-order chi connectivity index (χ0) is 8.84. The molecule has 4 unspecified atom stereocenters. The Morgan fingerprint density at radius 3 is 3.00 bits per heavy atom. The van der Waals surface area contributed by atoms with Crippen LogP contribution in [-0.2, 0) is 9.53 Å². The molecule has 0 spiro atoms. The highest BCUT2D eigenvalue weighted by atomic mass is 16.5. The molecule has 68 valence electrons. The summed E-state index contributed by atoms with van der Waals surface area (Å²) in [4.78, 5) is 11.6. The summed E-state index contributed by atoms with van der Waals surface area (Å²) in [6.45, 7) is 0. The Labute approximate surface area is 77.3 Å². The fraction of sp³-hybridized carbons (Fsp3) is 0.545. The Morgan fingerprint density at radius 2 is 2.08 bits per heavy atom. The van der Waals surface area contributed by atoms with Crippen molar-refractivity contribution in [2.24, 2.45) is 11.8 Å². The largest absolute Gasteiger partial charge is 0.373 e. The molecule has 1 fully saturated rings. The summed E-state index contributed by atoms with van der Waals surface area (Å²) in [6, 6.07) is 0. The molecule has 1 saturated heterocycles. The van der Waals surface area contributed by atoms with Crippen LogP contribution in [-0.4, -0.2) is 18.0 Å². The van der Waals surface area contributed by atoms with E-state index in [9.17, 15) is 4.79 Å². The van der Waals surface area contributed by atoms with Crippen molar-refractivity contribution in [3.8, 4) is 0 Å². The molecule has 3 aliphatic rings. The monoisotopic (exact) mass is 176 g/mol. The summed E-state index contributed by atoms with van der Waals surface area (Å²) in [5, 5.41) is 0. The maximum atomic E-state index is 11.6. The van der Waals surface area contributed by atoms with Gasteiger partial charge in [-0.25, -0.2) is 0 Å². The van der Waals surface area contributed by atoms with Gasteiger partial charge in [-0.3, -0.25) is 4.79 Å². The third-order valence-corrected chi connectivity index (χ3v) is 3.30. The molecule has 2 nitrogen and oxygen atoms in total. The quantitative estimate of drug-likeness (QED) is 0.522.